The van der Waals surface area contributed by atoms with Gasteiger partial charge in [0.15, 0.2) is 5.82 Å². The van der Waals surface area contributed by atoms with Gasteiger partial charge in [0.25, 0.3) is 5.91 Å². The van der Waals surface area contributed by atoms with Crippen molar-refractivity contribution >= 4 is 27.4 Å². The average Bonchev–Trinajstić information content (AvgIpc) is 2.95. The van der Waals surface area contributed by atoms with Crippen molar-refractivity contribution in [3.8, 4) is 0 Å². The van der Waals surface area contributed by atoms with E-state index in [1.807, 2.05) is 17.7 Å². The van der Waals surface area contributed by atoms with E-state index in [9.17, 15) is 13.2 Å². The van der Waals surface area contributed by atoms with Crippen LogP contribution in [0.1, 0.15) is 54.2 Å². The fourth-order valence-electron chi connectivity index (χ4n) is 3.34. The number of hydrogen-bond donors (Lipinski definition) is 2. The molecule has 1 aliphatic carbocycles. The van der Waals surface area contributed by atoms with Crippen molar-refractivity contribution < 1.29 is 13.2 Å². The molecular formula is C18H24N4O3S. The predicted molar refractivity (Wildman–Crippen MR) is 102 cm³/mol. The predicted octanol–water partition coefficient (Wildman–Crippen LogP) is 3.32. The van der Waals surface area contributed by atoms with E-state index < -0.39 is 10.0 Å². The first-order valence-electron chi connectivity index (χ1n) is 8.77. The molecule has 0 atom stereocenters. The minimum absolute atomic E-state index is 0.274. The highest BCUT2D eigenvalue weighted by molar-refractivity contribution is 7.92. The molecule has 0 unspecified atom stereocenters. The molecule has 0 aliphatic heterocycles. The first-order valence-corrected chi connectivity index (χ1v) is 10.7. The molecule has 8 heteroatoms. The van der Waals surface area contributed by atoms with Crippen molar-refractivity contribution in [2.24, 2.45) is 0 Å². The van der Waals surface area contributed by atoms with Crippen molar-refractivity contribution in [1.29, 1.82) is 0 Å². The van der Waals surface area contributed by atoms with Gasteiger partial charge in [-0.25, -0.2) is 8.42 Å². The minimum atomic E-state index is -3.33. The molecule has 0 bridgehead atoms. The maximum Gasteiger partial charge on any atom is 0.256 e. The first kappa shape index (κ1) is 18.4. The number of nitrogens with one attached hydrogen (secondary N) is 2. The summed E-state index contributed by atoms with van der Waals surface area (Å²) in [7, 11) is -3.33. The molecule has 1 saturated carbocycles. The van der Waals surface area contributed by atoms with Gasteiger partial charge in [0.05, 0.1) is 12.3 Å². The largest absolute Gasteiger partial charge is 0.305 e. The van der Waals surface area contributed by atoms with E-state index in [1.54, 1.807) is 24.3 Å². The smallest absolute Gasteiger partial charge is 0.256 e. The fraction of sp³-hybridized carbons (Fsp3) is 0.444. The maximum atomic E-state index is 12.4. The Labute approximate surface area is 153 Å². The van der Waals surface area contributed by atoms with Crippen LogP contribution in [-0.4, -0.2) is 30.4 Å². The molecule has 1 aliphatic rings. The number of carbonyl (C=O) groups excluding carboxylic acids is 1. The van der Waals surface area contributed by atoms with Crippen molar-refractivity contribution in [2.45, 2.75) is 45.1 Å². The monoisotopic (exact) mass is 376 g/mol. The Morgan fingerprint density at radius 3 is 2.42 bits per heavy atom. The summed E-state index contributed by atoms with van der Waals surface area (Å²) in [6.07, 6.45) is 7.07. The average molecular weight is 376 g/mol. The highest BCUT2D eigenvalue weighted by Gasteiger charge is 2.19. The van der Waals surface area contributed by atoms with E-state index in [-0.39, 0.29) is 5.91 Å². The van der Waals surface area contributed by atoms with Gasteiger partial charge in [-0.3, -0.25) is 14.2 Å². The second-order valence-corrected chi connectivity index (χ2v) is 8.56. The first-order chi connectivity index (χ1) is 12.3. The van der Waals surface area contributed by atoms with E-state index in [0.29, 0.717) is 23.1 Å². The number of aromatic nitrogens is 2. The zero-order chi connectivity index (χ0) is 18.7. The summed E-state index contributed by atoms with van der Waals surface area (Å²) in [5, 5.41) is 7.37. The lowest BCUT2D eigenvalue weighted by molar-refractivity contribution is 0.102. The summed E-state index contributed by atoms with van der Waals surface area (Å²) in [6.45, 7) is 2.00. The third-order valence-corrected chi connectivity index (χ3v) is 5.14. The van der Waals surface area contributed by atoms with E-state index in [2.05, 4.69) is 15.1 Å². The maximum absolute atomic E-state index is 12.4. The fourth-order valence-corrected chi connectivity index (χ4v) is 3.90. The molecule has 0 saturated heterocycles. The zero-order valence-corrected chi connectivity index (χ0v) is 15.8. The summed E-state index contributed by atoms with van der Waals surface area (Å²) >= 11 is 0. The number of hydrogen-bond acceptors (Lipinski definition) is 4. The van der Waals surface area contributed by atoms with Crippen LogP contribution in [0.25, 0.3) is 0 Å². The Bertz CT molecular complexity index is 882. The topological polar surface area (TPSA) is 93.1 Å². The van der Waals surface area contributed by atoms with Gasteiger partial charge in [-0.05, 0) is 44.0 Å². The van der Waals surface area contributed by atoms with Crippen LogP contribution in [0.3, 0.4) is 0 Å². The van der Waals surface area contributed by atoms with Crippen LogP contribution in [0.5, 0.6) is 0 Å². The number of aryl methyl sites for hydroxylation is 1. The standard InChI is InChI=1S/C18H24N4O3S/c1-13-12-17(20-22(13)16-6-4-3-5-7-16)19-18(23)14-8-10-15(11-9-14)21-26(2,24)25/h8-12,16,21H,3-7H2,1-2H3,(H,19,20,23). The number of sulfonamides is 1. The highest BCUT2D eigenvalue weighted by atomic mass is 32.2. The van der Waals surface area contributed by atoms with E-state index in [1.165, 1.54) is 19.3 Å². The van der Waals surface area contributed by atoms with Gasteiger partial charge in [-0.2, -0.15) is 5.10 Å². The summed E-state index contributed by atoms with van der Waals surface area (Å²) in [5.41, 5.74) is 1.90. The van der Waals surface area contributed by atoms with E-state index in [4.69, 9.17) is 0 Å². The summed E-state index contributed by atoms with van der Waals surface area (Å²) in [4.78, 5) is 12.4. The summed E-state index contributed by atoms with van der Waals surface area (Å²) in [6, 6.07) is 8.56. The van der Waals surface area contributed by atoms with Gasteiger partial charge in [0.1, 0.15) is 0 Å². The van der Waals surface area contributed by atoms with Gasteiger partial charge in [-0.15, -0.1) is 0 Å². The minimum Gasteiger partial charge on any atom is -0.305 e. The van der Waals surface area contributed by atoms with Gasteiger partial charge >= 0.3 is 0 Å². The quantitative estimate of drug-likeness (QED) is 0.837. The number of nitrogens with zero attached hydrogens (tertiary/aromatic N) is 2. The van der Waals surface area contributed by atoms with Crippen LogP contribution in [-0.2, 0) is 10.0 Å². The molecule has 1 aromatic carbocycles. The van der Waals surface area contributed by atoms with Crippen LogP contribution in [0.2, 0.25) is 0 Å². The van der Waals surface area contributed by atoms with Crippen LogP contribution < -0.4 is 10.0 Å². The molecule has 1 heterocycles. The number of rotatable bonds is 5. The normalized spacial score (nSPS) is 15.6. The van der Waals surface area contributed by atoms with E-state index in [0.717, 1.165) is 24.8 Å². The number of anilines is 2. The molecule has 0 radical (unpaired) electrons. The molecule has 2 aromatic rings. The Morgan fingerprint density at radius 1 is 1.15 bits per heavy atom. The lowest BCUT2D eigenvalue weighted by Gasteiger charge is -2.23. The molecule has 1 fully saturated rings. The summed E-state index contributed by atoms with van der Waals surface area (Å²) in [5.74, 6) is 0.264. The lowest BCUT2D eigenvalue weighted by atomic mass is 9.95. The Hall–Kier alpha value is -2.35. The van der Waals surface area contributed by atoms with Crippen molar-refractivity contribution in [3.05, 3.63) is 41.6 Å². The zero-order valence-electron chi connectivity index (χ0n) is 15.0. The number of carbonyl (C=O) groups is 1. The Kier molecular flexibility index (Phi) is 5.31. The highest BCUT2D eigenvalue weighted by Crippen LogP contribution is 2.29. The Morgan fingerprint density at radius 2 is 1.81 bits per heavy atom. The van der Waals surface area contributed by atoms with Gasteiger partial charge < -0.3 is 5.32 Å². The van der Waals surface area contributed by atoms with Gasteiger partial charge in [0.2, 0.25) is 10.0 Å². The summed E-state index contributed by atoms with van der Waals surface area (Å²) < 4.78 is 26.8. The SMILES string of the molecule is Cc1cc(NC(=O)c2ccc(NS(C)(=O)=O)cc2)nn1C1CCCCC1. The van der Waals surface area contributed by atoms with Crippen molar-refractivity contribution in [1.82, 2.24) is 9.78 Å². The van der Waals surface area contributed by atoms with Crippen molar-refractivity contribution in [3.63, 3.8) is 0 Å². The third kappa shape index (κ3) is 4.63. The Balaban J connectivity index is 1.68. The van der Waals surface area contributed by atoms with Crippen LogP contribution >= 0.6 is 0 Å². The molecule has 0 spiro atoms. The number of benzene rings is 1. The molecular weight excluding hydrogens is 352 g/mol. The van der Waals surface area contributed by atoms with Crippen LogP contribution in [0, 0.1) is 6.92 Å². The molecule has 3 rings (SSSR count). The van der Waals surface area contributed by atoms with Gasteiger partial charge in [-0.1, -0.05) is 19.3 Å². The number of amides is 1. The molecule has 26 heavy (non-hydrogen) atoms. The molecule has 140 valence electrons. The van der Waals surface area contributed by atoms with Crippen molar-refractivity contribution in [2.75, 3.05) is 16.3 Å². The van der Waals surface area contributed by atoms with E-state index >= 15 is 0 Å². The van der Waals surface area contributed by atoms with Crippen LogP contribution in [0.4, 0.5) is 11.5 Å². The van der Waals surface area contributed by atoms with Crippen LogP contribution in [0.15, 0.2) is 30.3 Å². The second-order valence-electron chi connectivity index (χ2n) is 6.81. The lowest BCUT2D eigenvalue weighted by Crippen LogP contribution is -2.16. The molecule has 2 N–H and O–H groups in total. The molecule has 1 aromatic heterocycles. The van der Waals surface area contributed by atoms with Gasteiger partial charge in [0, 0.05) is 23.0 Å². The molecule has 1 amide bonds. The second kappa shape index (κ2) is 7.49. The molecule has 7 nitrogen and oxygen atoms in total. The third-order valence-electron chi connectivity index (χ3n) is 4.53.